The van der Waals surface area contributed by atoms with Crippen molar-refractivity contribution < 1.29 is 0 Å². The molecule has 2 aliphatic rings. The van der Waals surface area contributed by atoms with E-state index in [0.717, 1.165) is 39.3 Å². The lowest BCUT2D eigenvalue weighted by atomic mass is 10.2. The number of pyridine rings is 1. The van der Waals surface area contributed by atoms with E-state index in [2.05, 4.69) is 61.0 Å². The highest BCUT2D eigenvalue weighted by atomic mass is 15.3. The maximum absolute atomic E-state index is 4.24. The van der Waals surface area contributed by atoms with E-state index in [-0.39, 0.29) is 0 Å². The third-order valence-electron chi connectivity index (χ3n) is 5.61. The first-order valence-corrected chi connectivity index (χ1v) is 9.78. The fourth-order valence-corrected chi connectivity index (χ4v) is 3.92. The predicted octanol–water partition coefficient (Wildman–Crippen LogP) is 2.03. The standard InChI is InChI=1S/C21H29N5/c1-2-5-20(6-3-1)25-15-11-23(12-16-25)9-10-24-13-17-26(18-14-24)21-7-4-8-22-19-21/h1-8,19H,9-18H2. The fourth-order valence-electron chi connectivity index (χ4n) is 3.92. The molecular formula is C21H29N5. The molecule has 0 spiro atoms. The molecule has 2 aliphatic heterocycles. The minimum Gasteiger partial charge on any atom is -0.369 e. The van der Waals surface area contributed by atoms with Gasteiger partial charge < -0.3 is 9.80 Å². The quantitative estimate of drug-likeness (QED) is 0.821. The molecule has 2 aromatic rings. The van der Waals surface area contributed by atoms with Gasteiger partial charge in [-0.15, -0.1) is 0 Å². The van der Waals surface area contributed by atoms with Crippen molar-refractivity contribution >= 4 is 11.4 Å². The highest BCUT2D eigenvalue weighted by Gasteiger charge is 2.20. The summed E-state index contributed by atoms with van der Waals surface area (Å²) in [4.78, 5) is 14.4. The van der Waals surface area contributed by atoms with E-state index in [1.165, 1.54) is 37.6 Å². The zero-order chi connectivity index (χ0) is 17.6. The molecule has 0 unspecified atom stereocenters. The fraction of sp³-hybridized carbons (Fsp3) is 0.476. The summed E-state index contributed by atoms with van der Waals surface area (Å²) in [6.07, 6.45) is 3.82. The van der Waals surface area contributed by atoms with Crippen LogP contribution in [0.1, 0.15) is 0 Å². The SMILES string of the molecule is c1ccc(N2CCN(CCN3CCN(c4cccnc4)CC3)CC2)cc1. The number of piperazine rings is 2. The lowest BCUT2D eigenvalue weighted by molar-refractivity contribution is 0.190. The first-order chi connectivity index (χ1) is 12.9. The topological polar surface area (TPSA) is 25.9 Å². The Hall–Kier alpha value is -2.11. The van der Waals surface area contributed by atoms with Gasteiger partial charge in [-0.3, -0.25) is 14.8 Å². The second-order valence-electron chi connectivity index (χ2n) is 7.20. The molecule has 5 nitrogen and oxygen atoms in total. The Morgan fingerprint density at radius 2 is 1.15 bits per heavy atom. The maximum Gasteiger partial charge on any atom is 0.0553 e. The molecule has 4 rings (SSSR count). The average Bonchev–Trinajstić information content (AvgIpc) is 2.74. The second kappa shape index (κ2) is 8.52. The van der Waals surface area contributed by atoms with Crippen LogP contribution in [0.4, 0.5) is 11.4 Å². The van der Waals surface area contributed by atoms with Gasteiger partial charge in [0.2, 0.25) is 0 Å². The van der Waals surface area contributed by atoms with E-state index in [9.17, 15) is 0 Å². The van der Waals surface area contributed by atoms with Crippen molar-refractivity contribution in [1.82, 2.24) is 14.8 Å². The molecule has 1 aromatic heterocycles. The van der Waals surface area contributed by atoms with Gasteiger partial charge in [0.25, 0.3) is 0 Å². The van der Waals surface area contributed by atoms with Crippen LogP contribution < -0.4 is 9.80 Å². The van der Waals surface area contributed by atoms with Gasteiger partial charge in [-0.05, 0) is 24.3 Å². The number of anilines is 2. The molecule has 0 radical (unpaired) electrons. The summed E-state index contributed by atoms with van der Waals surface area (Å²) in [5, 5.41) is 0. The van der Waals surface area contributed by atoms with E-state index in [4.69, 9.17) is 0 Å². The van der Waals surface area contributed by atoms with Gasteiger partial charge in [-0.25, -0.2) is 0 Å². The van der Waals surface area contributed by atoms with Crippen molar-refractivity contribution in [3.8, 4) is 0 Å². The van der Waals surface area contributed by atoms with Crippen LogP contribution in [0.15, 0.2) is 54.9 Å². The van der Waals surface area contributed by atoms with Gasteiger partial charge in [0.15, 0.2) is 0 Å². The van der Waals surface area contributed by atoms with E-state index in [1.807, 2.05) is 18.5 Å². The highest BCUT2D eigenvalue weighted by Crippen LogP contribution is 2.16. The van der Waals surface area contributed by atoms with Gasteiger partial charge >= 0.3 is 0 Å². The van der Waals surface area contributed by atoms with Gasteiger partial charge in [-0.1, -0.05) is 18.2 Å². The molecule has 5 heteroatoms. The smallest absolute Gasteiger partial charge is 0.0553 e. The molecule has 26 heavy (non-hydrogen) atoms. The maximum atomic E-state index is 4.24. The zero-order valence-electron chi connectivity index (χ0n) is 15.5. The molecule has 0 saturated carbocycles. The second-order valence-corrected chi connectivity index (χ2v) is 7.20. The van der Waals surface area contributed by atoms with Crippen molar-refractivity contribution in [3.63, 3.8) is 0 Å². The molecule has 0 atom stereocenters. The Balaban J connectivity index is 1.17. The van der Waals surface area contributed by atoms with E-state index >= 15 is 0 Å². The number of aromatic nitrogens is 1. The summed E-state index contributed by atoms with van der Waals surface area (Å²) in [5.74, 6) is 0. The summed E-state index contributed by atoms with van der Waals surface area (Å²) < 4.78 is 0. The van der Waals surface area contributed by atoms with Crippen LogP contribution in [-0.2, 0) is 0 Å². The minimum atomic E-state index is 1.10. The van der Waals surface area contributed by atoms with Crippen molar-refractivity contribution in [2.24, 2.45) is 0 Å². The number of rotatable bonds is 5. The molecule has 3 heterocycles. The summed E-state index contributed by atoms with van der Waals surface area (Å²) in [7, 11) is 0. The number of nitrogens with zero attached hydrogens (tertiary/aromatic N) is 5. The zero-order valence-corrected chi connectivity index (χ0v) is 15.5. The van der Waals surface area contributed by atoms with E-state index < -0.39 is 0 Å². The Morgan fingerprint density at radius 1 is 0.615 bits per heavy atom. The molecule has 0 N–H and O–H groups in total. The molecule has 0 bridgehead atoms. The van der Waals surface area contributed by atoms with Crippen molar-refractivity contribution in [1.29, 1.82) is 0 Å². The largest absolute Gasteiger partial charge is 0.369 e. The summed E-state index contributed by atoms with van der Waals surface area (Å²) in [5.41, 5.74) is 2.61. The van der Waals surface area contributed by atoms with Crippen molar-refractivity contribution in [3.05, 3.63) is 54.9 Å². The molecule has 2 fully saturated rings. The van der Waals surface area contributed by atoms with Crippen molar-refractivity contribution in [2.75, 3.05) is 75.2 Å². The lowest BCUT2D eigenvalue weighted by Crippen LogP contribution is -2.51. The van der Waals surface area contributed by atoms with Gasteiger partial charge in [-0.2, -0.15) is 0 Å². The van der Waals surface area contributed by atoms with Gasteiger partial charge in [0.05, 0.1) is 11.9 Å². The lowest BCUT2D eigenvalue weighted by Gasteiger charge is -2.39. The molecular weight excluding hydrogens is 322 g/mol. The van der Waals surface area contributed by atoms with Crippen molar-refractivity contribution in [2.45, 2.75) is 0 Å². The average molecular weight is 351 g/mol. The van der Waals surface area contributed by atoms with Crippen LogP contribution in [0.2, 0.25) is 0 Å². The highest BCUT2D eigenvalue weighted by molar-refractivity contribution is 5.46. The van der Waals surface area contributed by atoms with Crippen LogP contribution in [0.3, 0.4) is 0 Å². The third kappa shape index (κ3) is 4.34. The number of benzene rings is 1. The summed E-state index contributed by atoms with van der Waals surface area (Å²) >= 11 is 0. The first kappa shape index (κ1) is 17.3. The molecule has 0 aliphatic carbocycles. The van der Waals surface area contributed by atoms with Gasteiger partial charge in [0, 0.05) is 77.3 Å². The minimum absolute atomic E-state index is 1.10. The Bertz CT molecular complexity index is 587. The number of hydrogen-bond donors (Lipinski definition) is 0. The number of para-hydroxylation sites is 1. The molecule has 138 valence electrons. The Kier molecular flexibility index (Phi) is 5.67. The van der Waals surface area contributed by atoms with Crippen LogP contribution in [0.5, 0.6) is 0 Å². The van der Waals surface area contributed by atoms with Crippen LogP contribution in [-0.4, -0.2) is 80.2 Å². The number of hydrogen-bond acceptors (Lipinski definition) is 5. The summed E-state index contributed by atoms with van der Waals surface area (Å²) in [6, 6.07) is 15.0. The first-order valence-electron chi connectivity index (χ1n) is 9.78. The van der Waals surface area contributed by atoms with E-state index in [1.54, 1.807) is 0 Å². The van der Waals surface area contributed by atoms with Gasteiger partial charge in [0.1, 0.15) is 0 Å². The van der Waals surface area contributed by atoms with E-state index in [0.29, 0.717) is 0 Å². The summed E-state index contributed by atoms with van der Waals surface area (Å²) in [6.45, 7) is 11.5. The molecule has 2 saturated heterocycles. The van der Waals surface area contributed by atoms with Crippen LogP contribution in [0, 0.1) is 0 Å². The normalized spacial score (nSPS) is 19.7. The predicted molar refractivity (Wildman–Crippen MR) is 108 cm³/mol. The Labute approximate surface area is 156 Å². The Morgan fingerprint density at radius 3 is 1.69 bits per heavy atom. The molecule has 0 amide bonds. The van der Waals surface area contributed by atoms with Crippen LogP contribution in [0.25, 0.3) is 0 Å². The van der Waals surface area contributed by atoms with Crippen LogP contribution >= 0.6 is 0 Å². The third-order valence-corrected chi connectivity index (χ3v) is 5.61. The molecule has 1 aromatic carbocycles. The monoisotopic (exact) mass is 351 g/mol.